The Morgan fingerprint density at radius 1 is 0.857 bits per heavy atom. The molecule has 1 aromatic heterocycles. The number of aromatic hydroxyl groups is 2. The maximum absolute atomic E-state index is 13.2. The van der Waals surface area contributed by atoms with Crippen molar-refractivity contribution < 1.29 is 64.2 Å². The van der Waals surface area contributed by atoms with Crippen LogP contribution in [0.25, 0.3) is 22.3 Å². The second-order valence-electron chi connectivity index (χ2n) is 10.3. The van der Waals surface area contributed by atoms with Gasteiger partial charge in [-0.15, -0.1) is 0 Å². The van der Waals surface area contributed by atoms with Gasteiger partial charge in [0.05, 0.1) is 25.4 Å². The summed E-state index contributed by atoms with van der Waals surface area (Å²) in [5.74, 6) is -0.699. The third-order valence-electron chi connectivity index (χ3n) is 7.62. The Morgan fingerprint density at radius 2 is 1.55 bits per heavy atom. The van der Waals surface area contributed by atoms with Gasteiger partial charge in [0.2, 0.25) is 0 Å². The first kappa shape index (κ1) is 30.2. The molecule has 2 fully saturated rings. The van der Waals surface area contributed by atoms with E-state index in [1.807, 2.05) is 0 Å². The highest BCUT2D eigenvalue weighted by Crippen LogP contribution is 2.45. The minimum Gasteiger partial charge on any atom is -0.507 e. The molecule has 42 heavy (non-hydrogen) atoms. The Kier molecular flexibility index (Phi) is 8.44. The van der Waals surface area contributed by atoms with Crippen molar-refractivity contribution in [2.75, 3.05) is 13.7 Å². The quantitative estimate of drug-likeness (QED) is 0.176. The molecule has 0 unspecified atom stereocenters. The Morgan fingerprint density at radius 3 is 2.19 bits per heavy atom. The summed E-state index contributed by atoms with van der Waals surface area (Å²) in [5.41, 5.74) is -0.891. The van der Waals surface area contributed by atoms with Gasteiger partial charge < -0.3 is 64.2 Å². The molecule has 2 aliphatic heterocycles. The molecule has 8 N–H and O–H groups in total. The summed E-state index contributed by atoms with van der Waals surface area (Å²) in [6.45, 7) is 0.635. The average Bonchev–Trinajstić information content (AvgIpc) is 2.97. The first-order valence-electron chi connectivity index (χ1n) is 13.1. The van der Waals surface area contributed by atoms with Gasteiger partial charge in [-0.25, -0.2) is 0 Å². The highest BCUT2D eigenvalue weighted by Gasteiger charge is 2.51. The van der Waals surface area contributed by atoms with E-state index in [-0.39, 0.29) is 22.3 Å². The van der Waals surface area contributed by atoms with Crippen molar-refractivity contribution >= 4 is 11.0 Å². The summed E-state index contributed by atoms with van der Waals surface area (Å²) in [5, 5.41) is 83.7. The van der Waals surface area contributed by atoms with Gasteiger partial charge in [-0.3, -0.25) is 4.79 Å². The topological polar surface area (TPSA) is 229 Å². The summed E-state index contributed by atoms with van der Waals surface area (Å²) in [4.78, 5) is 13.2. The average molecular weight is 593 g/mol. The number of aliphatic hydroxyl groups is 6. The molecule has 14 heteroatoms. The van der Waals surface area contributed by atoms with Crippen LogP contribution in [-0.2, 0) is 14.2 Å². The molecule has 10 atom stereocenters. The molecule has 228 valence electrons. The summed E-state index contributed by atoms with van der Waals surface area (Å²) in [6.07, 6.45) is -15.9. The van der Waals surface area contributed by atoms with Crippen molar-refractivity contribution in [1.82, 2.24) is 0 Å². The zero-order valence-electron chi connectivity index (χ0n) is 22.5. The van der Waals surface area contributed by atoms with Crippen LogP contribution in [0.5, 0.6) is 17.2 Å². The van der Waals surface area contributed by atoms with Gasteiger partial charge in [0.15, 0.2) is 17.3 Å². The maximum atomic E-state index is 13.2. The molecule has 0 aliphatic carbocycles. The highest BCUT2D eigenvalue weighted by molar-refractivity contribution is 5.89. The summed E-state index contributed by atoms with van der Waals surface area (Å²) in [7, 11) is 1.48. The van der Waals surface area contributed by atoms with Gasteiger partial charge in [-0.05, 0) is 31.2 Å². The van der Waals surface area contributed by atoms with Gasteiger partial charge in [-0.2, -0.15) is 0 Å². The van der Waals surface area contributed by atoms with Crippen molar-refractivity contribution in [2.24, 2.45) is 0 Å². The minimum atomic E-state index is -1.84. The van der Waals surface area contributed by atoms with E-state index in [1.54, 1.807) is 24.3 Å². The van der Waals surface area contributed by atoms with E-state index in [1.165, 1.54) is 14.0 Å². The van der Waals surface area contributed by atoms with Gasteiger partial charge >= 0.3 is 0 Å². The number of ether oxygens (including phenoxy) is 4. The van der Waals surface area contributed by atoms with Crippen LogP contribution in [0.3, 0.4) is 0 Å². The summed E-state index contributed by atoms with van der Waals surface area (Å²) >= 11 is 0. The van der Waals surface area contributed by atoms with E-state index in [0.29, 0.717) is 11.3 Å². The monoisotopic (exact) mass is 592 g/mol. The van der Waals surface area contributed by atoms with Crippen LogP contribution in [-0.4, -0.2) is 110 Å². The SMILES string of the molecule is COc1ccc(-c2cc(=O)c3c(O)cc(O)c([C@@H]4O[C@H](CO)[C@H](O)[C@H](O)[C@@H]4O[C@@H]4O[C@H](C)[C@H](O)[C@H](O)[C@@H]4O)c3o2)cc1. The van der Waals surface area contributed by atoms with Crippen molar-refractivity contribution in [1.29, 1.82) is 0 Å². The van der Waals surface area contributed by atoms with E-state index in [2.05, 4.69) is 0 Å². The van der Waals surface area contributed by atoms with Crippen LogP contribution in [0.2, 0.25) is 0 Å². The molecule has 0 amide bonds. The zero-order valence-corrected chi connectivity index (χ0v) is 22.5. The van der Waals surface area contributed by atoms with Crippen molar-refractivity contribution in [2.45, 2.75) is 68.1 Å². The number of benzene rings is 2. The van der Waals surface area contributed by atoms with Crippen molar-refractivity contribution in [3.8, 4) is 28.6 Å². The molecule has 2 aromatic carbocycles. The molecule has 0 saturated carbocycles. The number of phenols is 2. The Balaban J connectivity index is 1.66. The molecule has 5 rings (SSSR count). The number of fused-ring (bicyclic) bond motifs is 1. The fraction of sp³-hybridized carbons (Fsp3) is 0.464. The second-order valence-corrected chi connectivity index (χ2v) is 10.3. The minimum absolute atomic E-state index is 0.0333. The highest BCUT2D eigenvalue weighted by atomic mass is 16.7. The van der Waals surface area contributed by atoms with Crippen molar-refractivity contribution in [3.05, 3.63) is 52.2 Å². The van der Waals surface area contributed by atoms with Crippen molar-refractivity contribution in [3.63, 3.8) is 0 Å². The molecular weight excluding hydrogens is 560 g/mol. The molecule has 0 radical (unpaired) electrons. The van der Waals surface area contributed by atoms with Crippen LogP contribution in [0, 0.1) is 0 Å². The summed E-state index contributed by atoms with van der Waals surface area (Å²) < 4.78 is 28.4. The lowest BCUT2D eigenvalue weighted by Gasteiger charge is -2.46. The van der Waals surface area contributed by atoms with E-state index in [9.17, 15) is 45.6 Å². The van der Waals surface area contributed by atoms with Crippen LogP contribution in [0.15, 0.2) is 45.6 Å². The van der Waals surface area contributed by atoms with Gasteiger partial charge in [0.25, 0.3) is 0 Å². The molecule has 0 bridgehead atoms. The lowest BCUT2D eigenvalue weighted by atomic mass is 9.89. The fourth-order valence-electron chi connectivity index (χ4n) is 5.25. The second kappa shape index (κ2) is 11.8. The number of hydrogen-bond donors (Lipinski definition) is 8. The largest absolute Gasteiger partial charge is 0.507 e. The lowest BCUT2D eigenvalue weighted by molar-refractivity contribution is -0.338. The third kappa shape index (κ3) is 5.21. The van der Waals surface area contributed by atoms with E-state index < -0.39 is 84.8 Å². The Bertz CT molecular complexity index is 1470. The summed E-state index contributed by atoms with van der Waals surface area (Å²) in [6, 6.07) is 8.47. The lowest BCUT2D eigenvalue weighted by Crippen LogP contribution is -2.61. The molecule has 3 heterocycles. The van der Waals surface area contributed by atoms with Gasteiger partial charge in [0.1, 0.15) is 77.2 Å². The maximum Gasteiger partial charge on any atom is 0.197 e. The van der Waals surface area contributed by atoms with Gasteiger partial charge in [0, 0.05) is 17.7 Å². The first-order chi connectivity index (χ1) is 20.0. The van der Waals surface area contributed by atoms with E-state index in [0.717, 1.165) is 12.1 Å². The Labute approximate surface area is 238 Å². The number of aliphatic hydroxyl groups excluding tert-OH is 6. The van der Waals surface area contributed by atoms with Crippen LogP contribution in [0.1, 0.15) is 18.6 Å². The van der Waals surface area contributed by atoms with Crippen LogP contribution < -0.4 is 10.2 Å². The number of phenolic OH excluding ortho intramolecular Hbond substituents is 2. The third-order valence-corrected chi connectivity index (χ3v) is 7.62. The predicted molar refractivity (Wildman–Crippen MR) is 142 cm³/mol. The normalized spacial score (nSPS) is 33.5. The molecule has 14 nitrogen and oxygen atoms in total. The number of methoxy groups -OCH3 is 1. The fourth-order valence-corrected chi connectivity index (χ4v) is 5.25. The van der Waals surface area contributed by atoms with Crippen LogP contribution >= 0.6 is 0 Å². The molecule has 3 aromatic rings. The molecule has 2 saturated heterocycles. The van der Waals surface area contributed by atoms with E-state index >= 15 is 0 Å². The standard InChI is InChI=1S/C28H32O14/c1-10-20(33)22(35)24(37)28(39-10)42-27-23(36)21(34)17(9-29)41-26(27)19-14(31)7-13(30)18-15(32)8-16(40-25(18)19)11-3-5-12(38-2)6-4-11/h3-8,10,17,20-24,26-31,33-37H,9H2,1-2H3/t10-,17-,20+,21+,22+,23+,24+,26+,27+,28+/m1/s1. The molecule has 2 aliphatic rings. The van der Waals surface area contributed by atoms with Gasteiger partial charge in [-0.1, -0.05) is 0 Å². The number of rotatable bonds is 6. The zero-order chi connectivity index (χ0) is 30.5. The van der Waals surface area contributed by atoms with E-state index in [4.69, 9.17) is 23.4 Å². The smallest absolute Gasteiger partial charge is 0.197 e. The number of hydrogen-bond acceptors (Lipinski definition) is 14. The van der Waals surface area contributed by atoms with Crippen LogP contribution in [0.4, 0.5) is 0 Å². The molecule has 0 spiro atoms. The predicted octanol–water partition coefficient (Wildman–Crippen LogP) is -0.754. The Hall–Kier alpha value is -3.31. The molecular formula is C28H32O14. The first-order valence-corrected chi connectivity index (χ1v) is 13.1.